The van der Waals surface area contributed by atoms with E-state index in [0.717, 1.165) is 11.3 Å². The smallest absolute Gasteiger partial charge is 0.407 e. The molecule has 1 aromatic rings. The molecule has 0 bridgehead atoms. The molecule has 0 saturated carbocycles. The van der Waals surface area contributed by atoms with Crippen LogP contribution < -0.4 is 10.6 Å². The fourth-order valence-electron chi connectivity index (χ4n) is 1.46. The van der Waals surface area contributed by atoms with E-state index in [1.54, 1.807) is 12.1 Å². The van der Waals surface area contributed by atoms with Gasteiger partial charge in [-0.2, -0.15) is 0 Å². The van der Waals surface area contributed by atoms with Crippen molar-refractivity contribution in [2.45, 2.75) is 46.8 Å². The molecule has 21 heavy (non-hydrogen) atoms. The number of benzene rings is 1. The van der Waals surface area contributed by atoms with Gasteiger partial charge in [0.05, 0.1) is 0 Å². The first-order valence-corrected chi connectivity index (χ1v) is 7.02. The van der Waals surface area contributed by atoms with Gasteiger partial charge in [0.2, 0.25) is 5.91 Å². The van der Waals surface area contributed by atoms with Crippen molar-refractivity contribution in [3.63, 3.8) is 0 Å². The van der Waals surface area contributed by atoms with E-state index in [0.29, 0.717) is 0 Å². The molecular formula is C16H24N2O3. The zero-order valence-corrected chi connectivity index (χ0v) is 13.3. The van der Waals surface area contributed by atoms with E-state index in [9.17, 15) is 9.59 Å². The van der Waals surface area contributed by atoms with E-state index in [1.165, 1.54) is 0 Å². The predicted molar refractivity (Wildman–Crippen MR) is 83.0 cm³/mol. The fraction of sp³-hybridized carbons (Fsp3) is 0.500. The highest BCUT2D eigenvalue weighted by atomic mass is 16.5. The molecular weight excluding hydrogens is 268 g/mol. The zero-order valence-electron chi connectivity index (χ0n) is 13.3. The summed E-state index contributed by atoms with van der Waals surface area (Å²) in [4.78, 5) is 23.1. The normalized spacial score (nSPS) is 11.1. The summed E-state index contributed by atoms with van der Waals surface area (Å²) in [6, 6.07) is 7.22. The van der Waals surface area contributed by atoms with Crippen LogP contribution in [-0.4, -0.2) is 17.5 Å². The van der Waals surface area contributed by atoms with E-state index in [-0.39, 0.29) is 24.0 Å². The Morgan fingerprint density at radius 1 is 1.14 bits per heavy atom. The van der Waals surface area contributed by atoms with Crippen molar-refractivity contribution in [3.8, 4) is 0 Å². The van der Waals surface area contributed by atoms with Crippen molar-refractivity contribution in [1.29, 1.82) is 0 Å². The summed E-state index contributed by atoms with van der Waals surface area (Å²) in [5.74, 6) is -0.0855. The van der Waals surface area contributed by atoms with E-state index >= 15 is 0 Å². The van der Waals surface area contributed by atoms with Crippen molar-refractivity contribution in [1.82, 2.24) is 5.32 Å². The van der Waals surface area contributed by atoms with E-state index in [1.807, 2.05) is 46.8 Å². The van der Waals surface area contributed by atoms with Gasteiger partial charge in [-0.15, -0.1) is 0 Å². The average Bonchev–Trinajstić information content (AvgIpc) is 2.35. The van der Waals surface area contributed by atoms with Gasteiger partial charge < -0.3 is 15.4 Å². The SMILES string of the molecule is CC(C)C(=O)Nc1ccc(COC(=O)NC(C)(C)C)cc1. The van der Waals surface area contributed by atoms with Gasteiger partial charge in [0.15, 0.2) is 0 Å². The van der Waals surface area contributed by atoms with E-state index in [2.05, 4.69) is 10.6 Å². The Labute approximate surface area is 126 Å². The summed E-state index contributed by atoms with van der Waals surface area (Å²) in [7, 11) is 0. The fourth-order valence-corrected chi connectivity index (χ4v) is 1.46. The van der Waals surface area contributed by atoms with Crippen LogP contribution in [0.3, 0.4) is 0 Å². The van der Waals surface area contributed by atoms with Gasteiger partial charge >= 0.3 is 6.09 Å². The Kier molecular flexibility index (Phi) is 5.76. The van der Waals surface area contributed by atoms with Gasteiger partial charge in [-0.05, 0) is 38.5 Å². The second-order valence-electron chi connectivity index (χ2n) is 6.29. The van der Waals surface area contributed by atoms with Crippen LogP contribution in [0.1, 0.15) is 40.2 Å². The van der Waals surface area contributed by atoms with Gasteiger partial charge in [-0.3, -0.25) is 4.79 Å². The summed E-state index contributed by atoms with van der Waals surface area (Å²) >= 11 is 0. The van der Waals surface area contributed by atoms with E-state index < -0.39 is 6.09 Å². The van der Waals surface area contributed by atoms with Crippen molar-refractivity contribution < 1.29 is 14.3 Å². The molecule has 1 rings (SSSR count). The van der Waals surface area contributed by atoms with Crippen molar-refractivity contribution >= 4 is 17.7 Å². The number of amides is 2. The number of carbonyl (C=O) groups excluding carboxylic acids is 2. The van der Waals surface area contributed by atoms with Crippen molar-refractivity contribution in [2.24, 2.45) is 5.92 Å². The monoisotopic (exact) mass is 292 g/mol. The third-order valence-electron chi connectivity index (χ3n) is 2.59. The largest absolute Gasteiger partial charge is 0.445 e. The molecule has 0 fully saturated rings. The highest BCUT2D eigenvalue weighted by Gasteiger charge is 2.14. The molecule has 116 valence electrons. The third-order valence-corrected chi connectivity index (χ3v) is 2.59. The molecule has 0 heterocycles. The number of ether oxygens (including phenoxy) is 1. The van der Waals surface area contributed by atoms with Gasteiger partial charge in [0.1, 0.15) is 6.61 Å². The van der Waals surface area contributed by atoms with Crippen LogP contribution in [0.5, 0.6) is 0 Å². The maximum atomic E-state index is 11.6. The van der Waals surface area contributed by atoms with Crippen molar-refractivity contribution in [3.05, 3.63) is 29.8 Å². The molecule has 0 aromatic heterocycles. The molecule has 5 heteroatoms. The summed E-state index contributed by atoms with van der Waals surface area (Å²) in [5, 5.41) is 5.53. The topological polar surface area (TPSA) is 67.4 Å². The molecule has 0 spiro atoms. The summed E-state index contributed by atoms with van der Waals surface area (Å²) in [6.07, 6.45) is -0.445. The summed E-state index contributed by atoms with van der Waals surface area (Å²) < 4.78 is 5.13. The first-order valence-electron chi connectivity index (χ1n) is 7.02. The first-order chi connectivity index (χ1) is 9.67. The maximum Gasteiger partial charge on any atom is 0.407 e. The lowest BCUT2D eigenvalue weighted by Gasteiger charge is -2.20. The Morgan fingerprint density at radius 3 is 2.19 bits per heavy atom. The number of alkyl carbamates (subject to hydrolysis) is 1. The second-order valence-corrected chi connectivity index (χ2v) is 6.29. The van der Waals surface area contributed by atoms with Crippen LogP contribution in [0.4, 0.5) is 10.5 Å². The summed E-state index contributed by atoms with van der Waals surface area (Å²) in [5.41, 5.74) is 1.28. The molecule has 0 unspecified atom stereocenters. The molecule has 0 atom stereocenters. The number of carbonyl (C=O) groups is 2. The van der Waals surface area contributed by atoms with Gasteiger partial charge in [0, 0.05) is 17.1 Å². The summed E-state index contributed by atoms with van der Waals surface area (Å²) in [6.45, 7) is 9.54. The second kappa shape index (κ2) is 7.11. The predicted octanol–water partition coefficient (Wildman–Crippen LogP) is 3.31. The van der Waals surface area contributed by atoms with Crippen LogP contribution >= 0.6 is 0 Å². The highest BCUT2D eigenvalue weighted by Crippen LogP contribution is 2.12. The van der Waals surface area contributed by atoms with Crippen LogP contribution in [0.25, 0.3) is 0 Å². The minimum absolute atomic E-state index is 0.0245. The molecule has 5 nitrogen and oxygen atoms in total. The average molecular weight is 292 g/mol. The standard InChI is InChI=1S/C16H24N2O3/c1-11(2)14(19)17-13-8-6-12(7-9-13)10-21-15(20)18-16(3,4)5/h6-9,11H,10H2,1-5H3,(H,17,19)(H,18,20). The van der Waals surface area contributed by atoms with Gasteiger partial charge in [0.25, 0.3) is 0 Å². The number of hydrogen-bond acceptors (Lipinski definition) is 3. The lowest BCUT2D eigenvalue weighted by molar-refractivity contribution is -0.118. The first kappa shape index (κ1) is 17.0. The molecule has 0 aliphatic rings. The molecule has 0 aliphatic heterocycles. The number of hydrogen-bond donors (Lipinski definition) is 2. The van der Waals surface area contributed by atoms with Crippen LogP contribution in [0, 0.1) is 5.92 Å². The number of anilines is 1. The van der Waals surface area contributed by atoms with E-state index in [4.69, 9.17) is 4.74 Å². The molecule has 0 aliphatic carbocycles. The minimum atomic E-state index is -0.445. The molecule has 1 aromatic carbocycles. The molecule has 2 N–H and O–H groups in total. The molecule has 2 amide bonds. The Hall–Kier alpha value is -2.04. The maximum absolute atomic E-state index is 11.6. The minimum Gasteiger partial charge on any atom is -0.445 e. The third kappa shape index (κ3) is 6.79. The Morgan fingerprint density at radius 2 is 1.71 bits per heavy atom. The van der Waals surface area contributed by atoms with Crippen LogP contribution in [-0.2, 0) is 16.1 Å². The molecule has 0 radical (unpaired) electrons. The van der Waals surface area contributed by atoms with Gasteiger partial charge in [-0.1, -0.05) is 26.0 Å². The van der Waals surface area contributed by atoms with Crippen LogP contribution in [0.15, 0.2) is 24.3 Å². The Bertz CT molecular complexity index is 487. The van der Waals surface area contributed by atoms with Crippen molar-refractivity contribution in [2.75, 3.05) is 5.32 Å². The van der Waals surface area contributed by atoms with Gasteiger partial charge in [-0.25, -0.2) is 4.79 Å². The lowest BCUT2D eigenvalue weighted by Crippen LogP contribution is -2.40. The molecule has 0 saturated heterocycles. The Balaban J connectivity index is 2.48. The van der Waals surface area contributed by atoms with Crippen LogP contribution in [0.2, 0.25) is 0 Å². The quantitative estimate of drug-likeness (QED) is 0.894. The highest BCUT2D eigenvalue weighted by molar-refractivity contribution is 5.92. The number of rotatable bonds is 4. The lowest BCUT2D eigenvalue weighted by atomic mass is 10.1. The number of nitrogens with one attached hydrogen (secondary N) is 2. The zero-order chi connectivity index (χ0) is 16.0.